The van der Waals surface area contributed by atoms with E-state index < -0.39 is 5.97 Å². The van der Waals surface area contributed by atoms with E-state index in [0.29, 0.717) is 15.9 Å². The highest BCUT2D eigenvalue weighted by Gasteiger charge is 2.21. The predicted molar refractivity (Wildman–Crippen MR) is 89.0 cm³/mol. The summed E-state index contributed by atoms with van der Waals surface area (Å²) >= 11 is 0. The molecule has 2 heterocycles. The fraction of sp³-hybridized carbons (Fsp3) is 0.375. The van der Waals surface area contributed by atoms with E-state index >= 15 is 0 Å². The standard InChI is InChI=1S/C16H19N5O3/c1-4-19(5-2)11-7-8-13-14(9-11)20-15(18-21(13)23)12(10-17-20)16(22)24-6-3/h7-10H,4-6H2,1-3H3. The Morgan fingerprint density at radius 2 is 2.08 bits per heavy atom. The molecule has 0 spiro atoms. The molecule has 0 atom stereocenters. The van der Waals surface area contributed by atoms with Crippen LogP contribution in [0.1, 0.15) is 31.1 Å². The number of esters is 1. The molecule has 1 aromatic carbocycles. The van der Waals surface area contributed by atoms with Gasteiger partial charge in [0.05, 0.1) is 12.8 Å². The van der Waals surface area contributed by atoms with Gasteiger partial charge >= 0.3 is 5.97 Å². The second kappa shape index (κ2) is 6.31. The van der Waals surface area contributed by atoms with Crippen molar-refractivity contribution in [1.82, 2.24) is 14.7 Å². The first-order valence-electron chi connectivity index (χ1n) is 7.94. The minimum absolute atomic E-state index is 0.177. The molecule has 8 nitrogen and oxygen atoms in total. The maximum Gasteiger partial charge on any atom is 0.343 e. The lowest BCUT2D eigenvalue weighted by Gasteiger charge is -2.20. The molecular weight excluding hydrogens is 310 g/mol. The van der Waals surface area contributed by atoms with Crippen LogP contribution in [0.5, 0.6) is 0 Å². The van der Waals surface area contributed by atoms with Gasteiger partial charge in [0.25, 0.3) is 5.52 Å². The summed E-state index contributed by atoms with van der Waals surface area (Å²) in [5, 5.41) is 20.4. The largest absolute Gasteiger partial charge is 0.594 e. The van der Waals surface area contributed by atoms with Crippen LogP contribution in [0.2, 0.25) is 0 Å². The second-order valence-corrected chi connectivity index (χ2v) is 5.23. The molecule has 3 rings (SSSR count). The molecule has 0 N–H and O–H groups in total. The number of carbonyl (C=O) groups excluding carboxylic acids is 1. The third kappa shape index (κ3) is 2.49. The number of rotatable bonds is 5. The van der Waals surface area contributed by atoms with Crippen LogP contribution >= 0.6 is 0 Å². The number of carbonyl (C=O) groups is 1. The van der Waals surface area contributed by atoms with Crippen molar-refractivity contribution in [3.05, 3.63) is 35.2 Å². The van der Waals surface area contributed by atoms with Gasteiger partial charge in [0.1, 0.15) is 11.1 Å². The highest BCUT2D eigenvalue weighted by atomic mass is 16.5. The molecule has 0 aliphatic rings. The highest BCUT2D eigenvalue weighted by molar-refractivity contribution is 5.96. The smallest absolute Gasteiger partial charge is 0.343 e. The van der Waals surface area contributed by atoms with Crippen molar-refractivity contribution < 1.29 is 14.4 Å². The normalized spacial score (nSPS) is 11.1. The molecule has 0 amide bonds. The van der Waals surface area contributed by atoms with Crippen LogP contribution in [-0.2, 0) is 4.74 Å². The van der Waals surface area contributed by atoms with Crippen LogP contribution in [-0.4, -0.2) is 40.4 Å². The first-order chi connectivity index (χ1) is 11.6. The van der Waals surface area contributed by atoms with E-state index in [0.717, 1.165) is 18.8 Å². The number of benzene rings is 1. The summed E-state index contributed by atoms with van der Waals surface area (Å²) in [5.41, 5.74) is 2.32. The molecule has 126 valence electrons. The van der Waals surface area contributed by atoms with Crippen molar-refractivity contribution in [3.8, 4) is 0 Å². The van der Waals surface area contributed by atoms with E-state index in [-0.39, 0.29) is 17.8 Å². The van der Waals surface area contributed by atoms with Crippen LogP contribution < -0.4 is 9.75 Å². The van der Waals surface area contributed by atoms with Crippen molar-refractivity contribution in [2.24, 2.45) is 0 Å². The Bertz CT molecular complexity index is 901. The summed E-state index contributed by atoms with van der Waals surface area (Å²) < 4.78 is 6.49. The fourth-order valence-corrected chi connectivity index (χ4v) is 2.74. The third-order valence-corrected chi connectivity index (χ3v) is 3.95. The van der Waals surface area contributed by atoms with Gasteiger partial charge in [-0.25, -0.2) is 9.31 Å². The van der Waals surface area contributed by atoms with E-state index in [1.165, 1.54) is 10.7 Å². The lowest BCUT2D eigenvalue weighted by molar-refractivity contribution is -0.640. The molecule has 0 aliphatic carbocycles. The zero-order chi connectivity index (χ0) is 17.3. The van der Waals surface area contributed by atoms with E-state index in [1.807, 2.05) is 12.1 Å². The zero-order valence-corrected chi connectivity index (χ0v) is 13.9. The van der Waals surface area contributed by atoms with Crippen LogP contribution in [0.3, 0.4) is 0 Å². The van der Waals surface area contributed by atoms with E-state index in [1.54, 1.807) is 13.0 Å². The first kappa shape index (κ1) is 16.0. The molecule has 2 aromatic heterocycles. The van der Waals surface area contributed by atoms with Crippen molar-refractivity contribution in [2.75, 3.05) is 24.6 Å². The number of anilines is 1. The van der Waals surface area contributed by atoms with Gasteiger partial charge in [0, 0.05) is 29.9 Å². The minimum atomic E-state index is -0.542. The average Bonchev–Trinajstić information content (AvgIpc) is 3.00. The summed E-state index contributed by atoms with van der Waals surface area (Å²) in [6.45, 7) is 7.79. The van der Waals surface area contributed by atoms with Crippen molar-refractivity contribution in [1.29, 1.82) is 0 Å². The van der Waals surface area contributed by atoms with Crippen LogP contribution in [0.15, 0.2) is 24.4 Å². The molecule has 24 heavy (non-hydrogen) atoms. The number of nitrogens with zero attached hydrogens (tertiary/aromatic N) is 5. The van der Waals surface area contributed by atoms with Crippen molar-refractivity contribution in [3.63, 3.8) is 0 Å². The van der Waals surface area contributed by atoms with Gasteiger partial charge in [-0.05, 0) is 37.7 Å². The molecule has 3 aromatic rings. The Kier molecular flexibility index (Phi) is 4.20. The summed E-state index contributed by atoms with van der Waals surface area (Å²) in [6, 6.07) is 5.48. The van der Waals surface area contributed by atoms with Gasteiger partial charge < -0.3 is 14.8 Å². The van der Waals surface area contributed by atoms with Crippen molar-refractivity contribution in [2.45, 2.75) is 20.8 Å². The first-order valence-corrected chi connectivity index (χ1v) is 7.94. The Morgan fingerprint density at radius 3 is 2.75 bits per heavy atom. The number of fused-ring (bicyclic) bond motifs is 3. The maximum atomic E-state index is 12.2. The second-order valence-electron chi connectivity index (χ2n) is 5.23. The molecule has 0 fully saturated rings. The summed E-state index contributed by atoms with van der Waals surface area (Å²) in [6.07, 6.45) is 1.38. The summed E-state index contributed by atoms with van der Waals surface area (Å²) in [5.74, 6) is -0.542. The monoisotopic (exact) mass is 329 g/mol. The van der Waals surface area contributed by atoms with Crippen molar-refractivity contribution >= 4 is 28.3 Å². The molecule has 0 unspecified atom stereocenters. The number of aromatic nitrogens is 4. The molecular formula is C16H19N5O3. The van der Waals surface area contributed by atoms with Gasteiger partial charge in [-0.1, -0.05) is 0 Å². The molecule has 0 radical (unpaired) electrons. The molecule has 0 aliphatic heterocycles. The molecule has 0 bridgehead atoms. The van der Waals surface area contributed by atoms with Crippen LogP contribution in [0.4, 0.5) is 5.69 Å². The summed E-state index contributed by atoms with van der Waals surface area (Å²) in [7, 11) is 0. The fourth-order valence-electron chi connectivity index (χ4n) is 2.74. The van der Waals surface area contributed by atoms with E-state index in [4.69, 9.17) is 4.74 Å². The predicted octanol–water partition coefficient (Wildman–Crippen LogP) is 1.54. The lowest BCUT2D eigenvalue weighted by atomic mass is 10.2. The van der Waals surface area contributed by atoms with E-state index in [9.17, 15) is 10.0 Å². The maximum absolute atomic E-state index is 12.2. The quantitative estimate of drug-likeness (QED) is 0.401. The Labute approximate surface area is 138 Å². The number of ether oxygens (including phenoxy) is 1. The van der Waals surface area contributed by atoms with Gasteiger partial charge in [0.2, 0.25) is 5.65 Å². The molecule has 8 heteroatoms. The molecule has 0 saturated carbocycles. The Balaban J connectivity index is 2.25. The number of hydrogen-bond donors (Lipinski definition) is 0. The molecule has 0 saturated heterocycles. The Hall–Kier alpha value is -2.90. The zero-order valence-electron chi connectivity index (χ0n) is 13.9. The minimum Gasteiger partial charge on any atom is -0.594 e. The average molecular weight is 329 g/mol. The summed E-state index contributed by atoms with van der Waals surface area (Å²) in [4.78, 5) is 14.7. The van der Waals surface area contributed by atoms with E-state index in [2.05, 4.69) is 28.9 Å². The lowest BCUT2D eigenvalue weighted by Crippen LogP contribution is -2.33. The number of hydrogen-bond acceptors (Lipinski definition) is 6. The Morgan fingerprint density at radius 1 is 1.33 bits per heavy atom. The van der Waals surface area contributed by atoms with Gasteiger partial charge in [-0.2, -0.15) is 5.10 Å². The third-order valence-electron chi connectivity index (χ3n) is 3.95. The SMILES string of the molecule is CCOC(=O)c1cnn2c1n[n+]([O-])c1ccc(N(CC)CC)cc12. The van der Waals surface area contributed by atoms with Gasteiger partial charge in [-0.3, -0.25) is 0 Å². The van der Waals surface area contributed by atoms with Crippen LogP contribution in [0, 0.1) is 5.21 Å². The topological polar surface area (TPSA) is 86.7 Å². The van der Waals surface area contributed by atoms with Gasteiger partial charge in [0.15, 0.2) is 0 Å². The van der Waals surface area contributed by atoms with Gasteiger partial charge in [-0.15, -0.1) is 0 Å². The highest BCUT2D eigenvalue weighted by Crippen LogP contribution is 2.21. The van der Waals surface area contributed by atoms with Crippen LogP contribution in [0.25, 0.3) is 16.7 Å².